The molecule has 2 rings (SSSR count). The maximum Gasteiger partial charge on any atom is 0.335 e. The second-order valence-electron chi connectivity index (χ2n) is 3.72. The Morgan fingerprint density at radius 2 is 2.17 bits per heavy atom. The summed E-state index contributed by atoms with van der Waals surface area (Å²) < 4.78 is 0. The van der Waals surface area contributed by atoms with Gasteiger partial charge in [-0.15, -0.1) is 11.8 Å². The van der Waals surface area contributed by atoms with Crippen LogP contribution < -0.4 is 5.73 Å². The molecule has 18 heavy (non-hydrogen) atoms. The summed E-state index contributed by atoms with van der Waals surface area (Å²) in [6, 6.07) is 10.5. The number of hydrogen-bond acceptors (Lipinski definition) is 4. The minimum atomic E-state index is -0.910. The first kappa shape index (κ1) is 12.4. The van der Waals surface area contributed by atoms with Crippen LogP contribution in [0.15, 0.2) is 47.6 Å². The highest BCUT2D eigenvalue weighted by atomic mass is 32.2. The van der Waals surface area contributed by atoms with Crippen molar-refractivity contribution in [1.82, 2.24) is 4.98 Å². The van der Waals surface area contributed by atoms with Gasteiger partial charge in [0, 0.05) is 5.75 Å². The Labute approximate surface area is 109 Å². The van der Waals surface area contributed by atoms with Gasteiger partial charge in [0.25, 0.3) is 0 Å². The third-order valence-corrected chi connectivity index (χ3v) is 3.33. The molecule has 1 aromatic heterocycles. The van der Waals surface area contributed by atoms with Crippen molar-refractivity contribution in [3.05, 3.63) is 53.7 Å². The third kappa shape index (κ3) is 3.24. The van der Waals surface area contributed by atoms with Crippen LogP contribution in [0.3, 0.4) is 0 Å². The Bertz CT molecular complexity index is 555. The molecule has 2 aromatic rings. The monoisotopic (exact) mass is 260 g/mol. The fraction of sp³-hybridized carbons (Fsp3) is 0.0769. The molecule has 0 spiro atoms. The predicted octanol–water partition coefficient (Wildman–Crippen LogP) is 2.65. The van der Waals surface area contributed by atoms with E-state index in [4.69, 9.17) is 10.8 Å². The molecule has 0 radical (unpaired) electrons. The van der Waals surface area contributed by atoms with E-state index in [1.54, 1.807) is 42.2 Å². The first-order valence-corrected chi connectivity index (χ1v) is 6.30. The Morgan fingerprint density at radius 1 is 1.33 bits per heavy atom. The number of nitrogen functional groups attached to an aromatic ring is 1. The van der Waals surface area contributed by atoms with E-state index in [0.717, 1.165) is 10.6 Å². The molecule has 0 bridgehead atoms. The summed E-state index contributed by atoms with van der Waals surface area (Å²) in [5.41, 5.74) is 7.44. The van der Waals surface area contributed by atoms with Gasteiger partial charge in [0.05, 0.1) is 22.5 Å². The molecule has 4 nitrogen and oxygen atoms in total. The minimum absolute atomic E-state index is 0.304. The number of pyridine rings is 1. The lowest BCUT2D eigenvalue weighted by Crippen LogP contribution is -1.96. The SMILES string of the molecule is Nc1ccc(SCc2cccc(C(=O)O)c2)nc1. The van der Waals surface area contributed by atoms with Crippen LogP contribution >= 0.6 is 11.8 Å². The molecule has 0 aliphatic heterocycles. The number of carbonyl (C=O) groups is 1. The van der Waals surface area contributed by atoms with Crippen molar-refractivity contribution in [1.29, 1.82) is 0 Å². The maximum absolute atomic E-state index is 10.8. The predicted molar refractivity (Wildman–Crippen MR) is 71.6 cm³/mol. The van der Waals surface area contributed by atoms with Gasteiger partial charge in [-0.3, -0.25) is 0 Å². The highest BCUT2D eigenvalue weighted by Gasteiger charge is 2.04. The quantitative estimate of drug-likeness (QED) is 0.826. The van der Waals surface area contributed by atoms with Gasteiger partial charge in [0.2, 0.25) is 0 Å². The second kappa shape index (κ2) is 5.55. The minimum Gasteiger partial charge on any atom is -0.478 e. The summed E-state index contributed by atoms with van der Waals surface area (Å²) in [5, 5.41) is 9.76. The number of benzene rings is 1. The number of thioether (sulfide) groups is 1. The van der Waals surface area contributed by atoms with Crippen molar-refractivity contribution >= 4 is 23.4 Å². The molecule has 0 saturated heterocycles. The van der Waals surface area contributed by atoms with E-state index in [1.165, 1.54) is 0 Å². The van der Waals surface area contributed by atoms with Crippen LogP contribution in [-0.2, 0) is 5.75 Å². The zero-order chi connectivity index (χ0) is 13.0. The number of carboxylic acid groups (broad SMARTS) is 1. The normalized spacial score (nSPS) is 10.2. The van der Waals surface area contributed by atoms with Crippen molar-refractivity contribution < 1.29 is 9.90 Å². The summed E-state index contributed by atoms with van der Waals surface area (Å²) in [6.07, 6.45) is 1.61. The highest BCUT2D eigenvalue weighted by molar-refractivity contribution is 7.98. The molecule has 1 aromatic carbocycles. The molecule has 92 valence electrons. The Balaban J connectivity index is 2.04. The van der Waals surface area contributed by atoms with Crippen LogP contribution in [0.4, 0.5) is 5.69 Å². The summed E-state index contributed by atoms with van der Waals surface area (Å²) in [7, 11) is 0. The van der Waals surface area contributed by atoms with Crippen LogP contribution in [0.25, 0.3) is 0 Å². The van der Waals surface area contributed by atoms with Gasteiger partial charge in [-0.05, 0) is 29.8 Å². The number of carboxylic acids is 1. The first-order valence-electron chi connectivity index (χ1n) is 5.32. The van der Waals surface area contributed by atoms with Crippen LogP contribution in [0, 0.1) is 0 Å². The van der Waals surface area contributed by atoms with Crippen LogP contribution in [-0.4, -0.2) is 16.1 Å². The molecule has 5 heteroatoms. The molecule has 0 fully saturated rings. The topological polar surface area (TPSA) is 76.2 Å². The molecule has 0 unspecified atom stereocenters. The zero-order valence-electron chi connectivity index (χ0n) is 9.54. The van der Waals surface area contributed by atoms with Gasteiger partial charge in [0.1, 0.15) is 0 Å². The Kier molecular flexibility index (Phi) is 3.84. The van der Waals surface area contributed by atoms with Gasteiger partial charge in [-0.25, -0.2) is 9.78 Å². The fourth-order valence-corrected chi connectivity index (χ4v) is 2.21. The molecule has 0 atom stereocenters. The summed E-state index contributed by atoms with van der Waals surface area (Å²) in [6.45, 7) is 0. The molecule has 1 heterocycles. The Morgan fingerprint density at radius 3 is 2.83 bits per heavy atom. The average Bonchev–Trinajstić information content (AvgIpc) is 2.38. The van der Waals surface area contributed by atoms with Crippen molar-refractivity contribution in [3.8, 4) is 0 Å². The summed E-state index contributed by atoms with van der Waals surface area (Å²) in [4.78, 5) is 15.0. The molecule has 0 amide bonds. The maximum atomic E-state index is 10.8. The smallest absolute Gasteiger partial charge is 0.335 e. The number of anilines is 1. The summed E-state index contributed by atoms with van der Waals surface area (Å²) >= 11 is 1.54. The van der Waals surface area contributed by atoms with E-state index >= 15 is 0 Å². The van der Waals surface area contributed by atoms with Crippen molar-refractivity contribution in [3.63, 3.8) is 0 Å². The summed E-state index contributed by atoms with van der Waals surface area (Å²) in [5.74, 6) is -0.231. The molecular weight excluding hydrogens is 248 g/mol. The second-order valence-corrected chi connectivity index (χ2v) is 4.72. The van der Waals surface area contributed by atoms with Crippen molar-refractivity contribution in [2.75, 3.05) is 5.73 Å². The Hall–Kier alpha value is -2.01. The van der Waals surface area contributed by atoms with E-state index in [1.807, 2.05) is 12.1 Å². The molecular formula is C13H12N2O2S. The van der Waals surface area contributed by atoms with E-state index in [9.17, 15) is 4.79 Å². The molecule has 3 N–H and O–H groups in total. The van der Waals surface area contributed by atoms with E-state index in [2.05, 4.69) is 4.98 Å². The largest absolute Gasteiger partial charge is 0.478 e. The average molecular weight is 260 g/mol. The van der Waals surface area contributed by atoms with Gasteiger partial charge in [0.15, 0.2) is 0 Å². The lowest BCUT2D eigenvalue weighted by atomic mass is 10.1. The van der Waals surface area contributed by atoms with Gasteiger partial charge < -0.3 is 10.8 Å². The molecule has 0 aliphatic carbocycles. The van der Waals surface area contributed by atoms with Crippen molar-refractivity contribution in [2.24, 2.45) is 0 Å². The van der Waals surface area contributed by atoms with Crippen LogP contribution in [0.1, 0.15) is 15.9 Å². The van der Waals surface area contributed by atoms with E-state index in [0.29, 0.717) is 17.0 Å². The number of rotatable bonds is 4. The lowest BCUT2D eigenvalue weighted by molar-refractivity contribution is 0.0697. The van der Waals surface area contributed by atoms with Gasteiger partial charge in [-0.1, -0.05) is 12.1 Å². The number of aromatic carboxylic acids is 1. The van der Waals surface area contributed by atoms with Crippen molar-refractivity contribution in [2.45, 2.75) is 10.8 Å². The fourth-order valence-electron chi connectivity index (χ4n) is 1.43. The number of aromatic nitrogens is 1. The van der Waals surface area contributed by atoms with Gasteiger partial charge >= 0.3 is 5.97 Å². The number of nitrogens with zero attached hydrogens (tertiary/aromatic N) is 1. The van der Waals surface area contributed by atoms with E-state index in [-0.39, 0.29) is 0 Å². The lowest BCUT2D eigenvalue weighted by Gasteiger charge is -2.03. The number of hydrogen-bond donors (Lipinski definition) is 2. The van der Waals surface area contributed by atoms with E-state index < -0.39 is 5.97 Å². The van der Waals surface area contributed by atoms with Crippen LogP contribution in [0.2, 0.25) is 0 Å². The highest BCUT2D eigenvalue weighted by Crippen LogP contribution is 2.21. The number of nitrogens with two attached hydrogens (primary N) is 1. The third-order valence-electron chi connectivity index (χ3n) is 2.32. The zero-order valence-corrected chi connectivity index (χ0v) is 10.4. The first-order chi connectivity index (χ1) is 8.65. The standard InChI is InChI=1S/C13H12N2O2S/c14-11-4-5-12(15-7-11)18-8-9-2-1-3-10(6-9)13(16)17/h1-7H,8,14H2,(H,16,17). The van der Waals surface area contributed by atoms with Crippen LogP contribution in [0.5, 0.6) is 0 Å². The molecule has 0 aliphatic rings. The van der Waals surface area contributed by atoms with Gasteiger partial charge in [-0.2, -0.15) is 0 Å². The molecule has 0 saturated carbocycles.